The summed E-state index contributed by atoms with van der Waals surface area (Å²) in [5.41, 5.74) is 1.23. The van der Waals surface area contributed by atoms with Gasteiger partial charge in [0.1, 0.15) is 18.7 Å². The van der Waals surface area contributed by atoms with Gasteiger partial charge in [-0.1, -0.05) is 68.9 Å². The van der Waals surface area contributed by atoms with Crippen LogP contribution < -0.4 is 31.3 Å². The standard InChI is InChI=1S/C33H46N6O8S/c1-5-6-13-34-31(44)27(40)24(16-22-12-14-35-28(22)41)37-29(42)25(15-20(2)3)38-30(43)26(17-23-19-48-33(36-23)46-4)39-32(45)47-18-21-10-8-7-9-11-21/h7-11,19-20,22,24-26H,5-6,12-18H2,1-4H3,(H,34,44)(H,35,41)(H,37,42)(H,38,43)(H,39,45)/t22-,24-,25-,26-/m0/s1. The van der Waals surface area contributed by atoms with Crippen molar-refractivity contribution in [2.75, 3.05) is 20.2 Å². The van der Waals surface area contributed by atoms with E-state index < -0.39 is 53.6 Å². The van der Waals surface area contributed by atoms with Gasteiger partial charge in [0.25, 0.3) is 11.1 Å². The van der Waals surface area contributed by atoms with Crippen LogP contribution in [0.5, 0.6) is 5.19 Å². The number of rotatable bonds is 19. The van der Waals surface area contributed by atoms with Gasteiger partial charge in [-0.3, -0.25) is 24.0 Å². The van der Waals surface area contributed by atoms with E-state index in [0.29, 0.717) is 36.8 Å². The van der Waals surface area contributed by atoms with Crippen LogP contribution in [0.4, 0.5) is 4.79 Å². The minimum absolute atomic E-state index is 0.0234. The van der Waals surface area contributed by atoms with Crippen molar-refractivity contribution in [1.29, 1.82) is 0 Å². The van der Waals surface area contributed by atoms with Crippen molar-refractivity contribution in [3.05, 3.63) is 47.0 Å². The van der Waals surface area contributed by atoms with Crippen molar-refractivity contribution in [3.63, 3.8) is 0 Å². The Balaban J connectivity index is 1.78. The van der Waals surface area contributed by atoms with Crippen LogP contribution in [0.2, 0.25) is 0 Å². The van der Waals surface area contributed by atoms with E-state index in [2.05, 4.69) is 31.6 Å². The number of alkyl carbamates (subject to hydrolysis) is 1. The fourth-order valence-corrected chi connectivity index (χ4v) is 5.71. The molecule has 1 fully saturated rings. The molecule has 1 aromatic carbocycles. The van der Waals surface area contributed by atoms with E-state index in [1.165, 1.54) is 18.4 Å². The van der Waals surface area contributed by atoms with Gasteiger partial charge in [-0.2, -0.15) is 0 Å². The maximum Gasteiger partial charge on any atom is 0.408 e. The number of ether oxygens (including phenoxy) is 2. The van der Waals surface area contributed by atoms with Gasteiger partial charge in [-0.05, 0) is 37.2 Å². The maximum atomic E-state index is 13.7. The van der Waals surface area contributed by atoms with Crippen LogP contribution >= 0.6 is 11.3 Å². The van der Waals surface area contributed by atoms with Crippen LogP contribution in [-0.4, -0.2) is 78.8 Å². The number of carbonyl (C=O) groups excluding carboxylic acids is 6. The molecule has 5 N–H and O–H groups in total. The van der Waals surface area contributed by atoms with Crippen LogP contribution in [0.15, 0.2) is 35.7 Å². The lowest BCUT2D eigenvalue weighted by molar-refractivity contribution is -0.141. The highest BCUT2D eigenvalue weighted by atomic mass is 32.1. The van der Waals surface area contributed by atoms with Crippen molar-refractivity contribution in [1.82, 2.24) is 31.6 Å². The molecule has 0 spiro atoms. The number of Topliss-reactive ketones (excluding diaryl/α,β-unsaturated/α-hetero) is 1. The molecule has 0 unspecified atom stereocenters. The molecule has 262 valence electrons. The number of benzene rings is 1. The molecule has 0 aliphatic carbocycles. The Morgan fingerprint density at radius 1 is 1.02 bits per heavy atom. The predicted octanol–water partition coefficient (Wildman–Crippen LogP) is 2.02. The number of hydrogen-bond acceptors (Lipinski definition) is 10. The summed E-state index contributed by atoms with van der Waals surface area (Å²) in [5.74, 6) is -4.00. The SMILES string of the molecule is CCCCNC(=O)C(=O)[C@H](C[C@@H]1CCNC1=O)NC(=O)[C@H](CC(C)C)NC(=O)[C@H](Cc1csc(OC)n1)NC(=O)OCc1ccccc1. The zero-order valence-electron chi connectivity index (χ0n) is 27.8. The van der Waals surface area contributed by atoms with Gasteiger partial charge in [-0.15, -0.1) is 0 Å². The second-order valence-electron chi connectivity index (χ2n) is 12.0. The molecular formula is C33H46N6O8S. The number of thiazole rings is 1. The second kappa shape index (κ2) is 19.3. The minimum Gasteiger partial charge on any atom is -0.473 e. The molecule has 2 heterocycles. The topological polar surface area (TPSA) is 194 Å². The Labute approximate surface area is 284 Å². The summed E-state index contributed by atoms with van der Waals surface area (Å²) in [4.78, 5) is 82.8. The number of unbranched alkanes of at least 4 members (excludes halogenated alkanes) is 1. The molecule has 1 aliphatic heterocycles. The number of carbonyl (C=O) groups is 6. The van der Waals surface area contributed by atoms with Gasteiger partial charge < -0.3 is 36.1 Å². The number of aromatic nitrogens is 1. The smallest absolute Gasteiger partial charge is 0.408 e. The van der Waals surface area contributed by atoms with Gasteiger partial charge in [0, 0.05) is 30.8 Å². The summed E-state index contributed by atoms with van der Waals surface area (Å²) < 4.78 is 10.5. The number of hydrogen-bond donors (Lipinski definition) is 5. The molecule has 4 atom stereocenters. The quantitative estimate of drug-likeness (QED) is 0.109. The predicted molar refractivity (Wildman–Crippen MR) is 178 cm³/mol. The van der Waals surface area contributed by atoms with E-state index in [9.17, 15) is 28.8 Å². The van der Waals surface area contributed by atoms with E-state index in [0.717, 1.165) is 12.0 Å². The summed E-state index contributed by atoms with van der Waals surface area (Å²) in [5, 5.41) is 15.3. The first-order valence-corrected chi connectivity index (χ1v) is 17.0. The fraction of sp³-hybridized carbons (Fsp3) is 0.545. The van der Waals surface area contributed by atoms with Crippen molar-refractivity contribution in [2.24, 2.45) is 11.8 Å². The van der Waals surface area contributed by atoms with E-state index in [-0.39, 0.29) is 37.7 Å². The largest absolute Gasteiger partial charge is 0.473 e. The lowest BCUT2D eigenvalue weighted by Crippen LogP contribution is -2.57. The number of methoxy groups -OCH3 is 1. The van der Waals surface area contributed by atoms with Crippen molar-refractivity contribution >= 4 is 46.8 Å². The zero-order valence-corrected chi connectivity index (χ0v) is 28.7. The first-order chi connectivity index (χ1) is 23.0. The van der Waals surface area contributed by atoms with Crippen LogP contribution in [0.25, 0.3) is 0 Å². The molecule has 14 nitrogen and oxygen atoms in total. The number of amides is 5. The van der Waals surface area contributed by atoms with Gasteiger partial charge >= 0.3 is 6.09 Å². The summed E-state index contributed by atoms with van der Waals surface area (Å²) in [6, 6.07) is 5.42. The van der Waals surface area contributed by atoms with Crippen molar-refractivity contribution in [3.8, 4) is 5.19 Å². The third kappa shape index (κ3) is 12.2. The lowest BCUT2D eigenvalue weighted by atomic mass is 9.94. The second-order valence-corrected chi connectivity index (χ2v) is 12.8. The third-order valence-corrected chi connectivity index (χ3v) is 8.49. The van der Waals surface area contributed by atoms with Gasteiger partial charge in [0.05, 0.1) is 18.8 Å². The molecule has 0 saturated carbocycles. The minimum atomic E-state index is -1.29. The molecule has 1 aliphatic rings. The van der Waals surface area contributed by atoms with E-state index in [4.69, 9.17) is 9.47 Å². The first-order valence-electron chi connectivity index (χ1n) is 16.2. The van der Waals surface area contributed by atoms with Crippen LogP contribution in [0, 0.1) is 11.8 Å². The van der Waals surface area contributed by atoms with Crippen molar-refractivity contribution < 1.29 is 38.2 Å². The Bertz CT molecular complexity index is 1400. The molecule has 0 bridgehead atoms. The van der Waals surface area contributed by atoms with Crippen molar-refractivity contribution in [2.45, 2.75) is 84.0 Å². The average molecular weight is 687 g/mol. The molecule has 15 heteroatoms. The van der Waals surface area contributed by atoms with Gasteiger partial charge in [-0.25, -0.2) is 9.78 Å². The Hall–Kier alpha value is -4.53. The van der Waals surface area contributed by atoms with Crippen LogP contribution in [0.3, 0.4) is 0 Å². The zero-order chi connectivity index (χ0) is 35.1. The molecular weight excluding hydrogens is 640 g/mol. The number of ketones is 1. The summed E-state index contributed by atoms with van der Waals surface area (Å²) in [6.45, 7) is 6.37. The molecule has 2 aromatic rings. The Kier molecular flexibility index (Phi) is 15.3. The van der Waals surface area contributed by atoms with Crippen LogP contribution in [-0.2, 0) is 41.7 Å². The molecule has 1 saturated heterocycles. The first kappa shape index (κ1) is 37.9. The summed E-state index contributed by atoms with van der Waals surface area (Å²) >= 11 is 1.22. The highest BCUT2D eigenvalue weighted by molar-refractivity contribution is 7.11. The molecule has 3 rings (SSSR count). The monoisotopic (exact) mass is 686 g/mol. The number of nitrogens with one attached hydrogen (secondary N) is 5. The highest BCUT2D eigenvalue weighted by Crippen LogP contribution is 2.20. The van der Waals surface area contributed by atoms with E-state index in [1.807, 2.05) is 39.0 Å². The molecule has 48 heavy (non-hydrogen) atoms. The third-order valence-electron chi connectivity index (χ3n) is 7.64. The summed E-state index contributed by atoms with van der Waals surface area (Å²) in [6.07, 6.45) is 1.18. The van der Waals surface area contributed by atoms with Gasteiger partial charge in [0.15, 0.2) is 0 Å². The van der Waals surface area contributed by atoms with E-state index >= 15 is 0 Å². The molecule has 5 amide bonds. The average Bonchev–Trinajstić information content (AvgIpc) is 3.70. The Morgan fingerprint density at radius 2 is 1.73 bits per heavy atom. The molecule has 1 aromatic heterocycles. The van der Waals surface area contributed by atoms with Crippen LogP contribution in [0.1, 0.15) is 64.1 Å². The lowest BCUT2D eigenvalue weighted by Gasteiger charge is -2.26. The normalized spacial score (nSPS) is 15.9. The molecule has 0 radical (unpaired) electrons. The maximum absolute atomic E-state index is 13.7. The van der Waals surface area contributed by atoms with E-state index in [1.54, 1.807) is 17.5 Å². The fourth-order valence-electron chi connectivity index (χ4n) is 5.06. The van der Waals surface area contributed by atoms with Gasteiger partial charge in [0.2, 0.25) is 23.5 Å². The number of nitrogens with zero attached hydrogens (tertiary/aromatic N) is 1. The Morgan fingerprint density at radius 3 is 2.35 bits per heavy atom. The highest BCUT2D eigenvalue weighted by Gasteiger charge is 2.36. The summed E-state index contributed by atoms with van der Waals surface area (Å²) in [7, 11) is 1.47.